The summed E-state index contributed by atoms with van der Waals surface area (Å²) in [5, 5.41) is 1.57. The number of fused-ring (bicyclic) bond motifs is 1. The molecule has 0 N–H and O–H groups in total. The summed E-state index contributed by atoms with van der Waals surface area (Å²) in [6, 6.07) is 9.91. The number of hydrogen-bond acceptors (Lipinski definition) is 0. The van der Waals surface area contributed by atoms with E-state index in [4.69, 9.17) is 11.6 Å². The van der Waals surface area contributed by atoms with E-state index in [0.29, 0.717) is 5.02 Å². The Morgan fingerprint density at radius 1 is 1.10 bits per heavy atom. The Balaban J connectivity index is 2.08. The Morgan fingerprint density at radius 2 is 1.90 bits per heavy atom. The van der Waals surface area contributed by atoms with E-state index in [2.05, 4.69) is 15.9 Å². The highest BCUT2D eigenvalue weighted by Crippen LogP contribution is 2.25. The average Bonchev–Trinajstić information content (AvgIpc) is 2.81. The molecule has 0 aliphatic heterocycles. The van der Waals surface area contributed by atoms with Crippen LogP contribution in [0.4, 0.5) is 8.78 Å². The van der Waals surface area contributed by atoms with Gasteiger partial charge in [-0.05, 0) is 52.3 Å². The third-order valence-electron chi connectivity index (χ3n) is 3.20. The zero-order valence-corrected chi connectivity index (χ0v) is 12.5. The highest BCUT2D eigenvalue weighted by molar-refractivity contribution is 9.10. The molecule has 102 valence electrons. The first-order valence-electron chi connectivity index (χ1n) is 5.93. The normalized spacial score (nSPS) is 11.2. The molecule has 20 heavy (non-hydrogen) atoms. The molecule has 0 aliphatic carbocycles. The fourth-order valence-electron chi connectivity index (χ4n) is 2.19. The Morgan fingerprint density at radius 3 is 2.70 bits per heavy atom. The first kappa shape index (κ1) is 13.6. The second-order valence-corrected chi connectivity index (χ2v) is 5.76. The van der Waals surface area contributed by atoms with Crippen molar-refractivity contribution in [3.63, 3.8) is 0 Å². The van der Waals surface area contributed by atoms with Crippen molar-refractivity contribution in [3.05, 3.63) is 69.3 Å². The molecule has 2 aromatic carbocycles. The van der Waals surface area contributed by atoms with Gasteiger partial charge in [-0.15, -0.1) is 0 Å². The van der Waals surface area contributed by atoms with Gasteiger partial charge >= 0.3 is 0 Å². The van der Waals surface area contributed by atoms with Crippen LogP contribution in [0.3, 0.4) is 0 Å². The van der Waals surface area contributed by atoms with Crippen LogP contribution in [-0.4, -0.2) is 4.57 Å². The van der Waals surface area contributed by atoms with Crippen LogP contribution in [0.5, 0.6) is 0 Å². The zero-order chi connectivity index (χ0) is 14.3. The molecule has 0 saturated carbocycles. The predicted octanol–water partition coefficient (Wildman–Crippen LogP) is 5.38. The molecule has 3 aromatic rings. The van der Waals surface area contributed by atoms with E-state index < -0.39 is 11.6 Å². The van der Waals surface area contributed by atoms with Crippen LogP contribution in [0, 0.1) is 11.6 Å². The van der Waals surface area contributed by atoms with Crippen molar-refractivity contribution >= 4 is 38.4 Å². The van der Waals surface area contributed by atoms with Crippen molar-refractivity contribution in [2.24, 2.45) is 0 Å². The molecular weight excluding hydrogens is 348 g/mol. The Labute approximate surface area is 127 Å². The predicted molar refractivity (Wildman–Crippen MR) is 80.1 cm³/mol. The minimum absolute atomic E-state index is 0.0341. The van der Waals surface area contributed by atoms with Gasteiger partial charge in [-0.1, -0.05) is 11.6 Å². The van der Waals surface area contributed by atoms with E-state index in [1.807, 2.05) is 18.2 Å². The Bertz CT molecular complexity index is 798. The minimum Gasteiger partial charge on any atom is -0.343 e. The molecule has 0 radical (unpaired) electrons. The maximum absolute atomic E-state index is 14.0. The molecule has 1 aromatic heterocycles. The maximum Gasteiger partial charge on any atom is 0.145 e. The van der Waals surface area contributed by atoms with E-state index in [1.165, 1.54) is 12.1 Å². The van der Waals surface area contributed by atoms with Gasteiger partial charge in [0.1, 0.15) is 11.6 Å². The van der Waals surface area contributed by atoms with Crippen LogP contribution in [0.1, 0.15) is 5.56 Å². The summed E-state index contributed by atoms with van der Waals surface area (Å²) in [5.41, 5.74) is 0.917. The Hall–Kier alpha value is -1.39. The van der Waals surface area contributed by atoms with Gasteiger partial charge in [-0.3, -0.25) is 0 Å². The fraction of sp³-hybridized carbons (Fsp3) is 0.0667. The van der Waals surface area contributed by atoms with Crippen LogP contribution < -0.4 is 0 Å². The first-order valence-corrected chi connectivity index (χ1v) is 7.10. The zero-order valence-electron chi connectivity index (χ0n) is 10.2. The van der Waals surface area contributed by atoms with Gasteiger partial charge in [0.15, 0.2) is 0 Å². The van der Waals surface area contributed by atoms with Crippen molar-refractivity contribution in [3.8, 4) is 0 Å². The molecular formula is C15H9BrClF2N. The van der Waals surface area contributed by atoms with Crippen molar-refractivity contribution in [1.29, 1.82) is 0 Å². The molecule has 0 amide bonds. The molecule has 0 saturated heterocycles. The van der Waals surface area contributed by atoms with Gasteiger partial charge in [-0.2, -0.15) is 0 Å². The average molecular weight is 357 g/mol. The lowest BCUT2D eigenvalue weighted by Crippen LogP contribution is -2.04. The van der Waals surface area contributed by atoms with Gasteiger partial charge < -0.3 is 4.57 Å². The molecule has 0 fully saturated rings. The number of aromatic nitrogens is 1. The summed E-state index contributed by atoms with van der Waals surface area (Å²) < 4.78 is 29.8. The van der Waals surface area contributed by atoms with E-state index in [-0.39, 0.29) is 16.6 Å². The first-order chi connectivity index (χ1) is 9.56. The molecule has 0 spiro atoms. The van der Waals surface area contributed by atoms with E-state index in [1.54, 1.807) is 16.8 Å². The third-order valence-corrected chi connectivity index (χ3v) is 4.05. The van der Waals surface area contributed by atoms with Crippen LogP contribution in [-0.2, 0) is 6.54 Å². The standard InChI is InChI=1S/C15H9BrClF2N/c16-12-2-3-13(18)11(15(12)19)8-20-6-5-9-7-10(17)1-4-14(9)20/h1-7H,8H2. The Kier molecular flexibility index (Phi) is 3.52. The third kappa shape index (κ3) is 2.34. The summed E-state index contributed by atoms with van der Waals surface area (Å²) in [5.74, 6) is -1.12. The van der Waals surface area contributed by atoms with Gasteiger partial charge in [0.25, 0.3) is 0 Å². The SMILES string of the molecule is Fc1ccc(Br)c(F)c1Cn1ccc2cc(Cl)ccc21. The lowest BCUT2D eigenvalue weighted by Gasteiger charge is -2.09. The number of nitrogens with zero attached hydrogens (tertiary/aromatic N) is 1. The smallest absolute Gasteiger partial charge is 0.145 e. The monoisotopic (exact) mass is 355 g/mol. The quantitative estimate of drug-likeness (QED) is 0.543. The van der Waals surface area contributed by atoms with E-state index in [0.717, 1.165) is 10.9 Å². The van der Waals surface area contributed by atoms with E-state index >= 15 is 0 Å². The molecule has 1 heterocycles. The largest absolute Gasteiger partial charge is 0.343 e. The topological polar surface area (TPSA) is 4.93 Å². The lowest BCUT2D eigenvalue weighted by atomic mass is 10.2. The van der Waals surface area contributed by atoms with Crippen LogP contribution in [0.15, 0.2) is 47.1 Å². The molecule has 5 heteroatoms. The highest BCUT2D eigenvalue weighted by Gasteiger charge is 2.13. The van der Waals surface area contributed by atoms with E-state index in [9.17, 15) is 8.78 Å². The number of rotatable bonds is 2. The molecule has 0 unspecified atom stereocenters. The minimum atomic E-state index is -0.569. The number of halogens is 4. The van der Waals surface area contributed by atoms with Gasteiger partial charge in [0.05, 0.1) is 11.0 Å². The summed E-state index contributed by atoms with van der Waals surface area (Å²) in [6.45, 7) is 0.127. The molecule has 1 nitrogen and oxygen atoms in total. The van der Waals surface area contributed by atoms with Crippen molar-refractivity contribution in [2.45, 2.75) is 6.54 Å². The van der Waals surface area contributed by atoms with Crippen molar-refractivity contribution in [2.75, 3.05) is 0 Å². The summed E-state index contributed by atoms with van der Waals surface area (Å²) >= 11 is 9.00. The number of benzene rings is 2. The number of hydrogen-bond donors (Lipinski definition) is 0. The van der Waals surface area contributed by atoms with Crippen molar-refractivity contribution < 1.29 is 8.78 Å². The summed E-state index contributed by atoms with van der Waals surface area (Å²) in [6.07, 6.45) is 1.79. The second-order valence-electron chi connectivity index (χ2n) is 4.47. The van der Waals surface area contributed by atoms with Crippen LogP contribution in [0.25, 0.3) is 10.9 Å². The molecule has 0 bridgehead atoms. The van der Waals surface area contributed by atoms with Gasteiger partial charge in [0, 0.05) is 27.7 Å². The van der Waals surface area contributed by atoms with Crippen molar-refractivity contribution in [1.82, 2.24) is 4.57 Å². The molecule has 0 atom stereocenters. The fourth-order valence-corrected chi connectivity index (χ4v) is 2.75. The maximum atomic E-state index is 14.0. The summed E-state index contributed by atoms with van der Waals surface area (Å²) in [4.78, 5) is 0. The van der Waals surface area contributed by atoms with Gasteiger partial charge in [0.2, 0.25) is 0 Å². The lowest BCUT2D eigenvalue weighted by molar-refractivity contribution is 0.543. The van der Waals surface area contributed by atoms with Crippen LogP contribution >= 0.6 is 27.5 Å². The highest BCUT2D eigenvalue weighted by atomic mass is 79.9. The van der Waals surface area contributed by atoms with Gasteiger partial charge in [-0.25, -0.2) is 8.78 Å². The van der Waals surface area contributed by atoms with Crippen LogP contribution in [0.2, 0.25) is 5.02 Å². The molecule has 3 rings (SSSR count). The summed E-state index contributed by atoms with van der Waals surface area (Å²) in [7, 11) is 0. The second kappa shape index (κ2) is 5.19. The molecule has 0 aliphatic rings.